The molecule has 0 saturated heterocycles. The predicted molar refractivity (Wildman–Crippen MR) is 94.2 cm³/mol. The van der Waals surface area contributed by atoms with Gasteiger partial charge < -0.3 is 10.1 Å². The highest BCUT2D eigenvalue weighted by Gasteiger charge is 2.41. The van der Waals surface area contributed by atoms with Crippen LogP contribution in [0.2, 0.25) is 5.02 Å². The first kappa shape index (κ1) is 19.5. The van der Waals surface area contributed by atoms with E-state index < -0.39 is 11.9 Å². The Bertz CT molecular complexity index is 814. The minimum Gasteiger partial charge on any atom is -0.497 e. The van der Waals surface area contributed by atoms with Crippen molar-refractivity contribution in [2.75, 3.05) is 13.7 Å². The maximum Gasteiger partial charge on any atom is 0.436 e. The molecule has 0 atom stereocenters. The molecule has 1 N–H and O–H groups in total. The molecule has 27 heavy (non-hydrogen) atoms. The Morgan fingerprint density at radius 3 is 2.56 bits per heavy atom. The van der Waals surface area contributed by atoms with Crippen LogP contribution in [0.1, 0.15) is 46.9 Å². The van der Waals surface area contributed by atoms with Crippen molar-refractivity contribution in [2.45, 2.75) is 37.9 Å². The number of methoxy groups -OCH3 is 1. The zero-order valence-corrected chi connectivity index (χ0v) is 15.4. The quantitative estimate of drug-likeness (QED) is 0.705. The van der Waals surface area contributed by atoms with Gasteiger partial charge in [-0.05, 0) is 43.5 Å². The number of carbonyl (C=O) groups excluding carboxylic acids is 1. The normalized spacial score (nSPS) is 14.3. The first-order valence-corrected chi connectivity index (χ1v) is 8.94. The maximum absolute atomic E-state index is 13.0. The summed E-state index contributed by atoms with van der Waals surface area (Å²) >= 11 is 5.93. The summed E-state index contributed by atoms with van der Waals surface area (Å²) in [5.74, 6) is 0.430. The van der Waals surface area contributed by atoms with E-state index in [2.05, 4.69) is 10.4 Å². The van der Waals surface area contributed by atoms with Gasteiger partial charge in [-0.2, -0.15) is 18.3 Å². The van der Waals surface area contributed by atoms with Gasteiger partial charge in [-0.25, -0.2) is 0 Å². The second-order valence-electron chi connectivity index (χ2n) is 6.38. The zero-order chi connectivity index (χ0) is 19.6. The number of halogens is 4. The average Bonchev–Trinajstić information content (AvgIpc) is 3.41. The lowest BCUT2D eigenvalue weighted by Gasteiger charge is -2.08. The van der Waals surface area contributed by atoms with Crippen LogP contribution in [0, 0.1) is 0 Å². The molecule has 9 heteroatoms. The fraction of sp³-hybridized carbons (Fsp3) is 0.444. The smallest absolute Gasteiger partial charge is 0.436 e. The van der Waals surface area contributed by atoms with Crippen molar-refractivity contribution in [3.63, 3.8) is 0 Å². The van der Waals surface area contributed by atoms with Crippen LogP contribution in [-0.2, 0) is 12.7 Å². The number of amides is 1. The van der Waals surface area contributed by atoms with Gasteiger partial charge in [0.2, 0.25) is 0 Å². The number of carbonyl (C=O) groups is 1. The van der Waals surface area contributed by atoms with E-state index in [1.54, 1.807) is 24.3 Å². The summed E-state index contributed by atoms with van der Waals surface area (Å²) in [5.41, 5.74) is -0.102. The first-order valence-electron chi connectivity index (χ1n) is 8.57. The number of hydrogen-bond donors (Lipinski definition) is 1. The van der Waals surface area contributed by atoms with Crippen LogP contribution in [0.4, 0.5) is 13.2 Å². The van der Waals surface area contributed by atoms with E-state index >= 15 is 0 Å². The third-order valence-corrected chi connectivity index (χ3v) is 4.72. The van der Waals surface area contributed by atoms with Crippen LogP contribution in [0.3, 0.4) is 0 Å². The topological polar surface area (TPSA) is 56.1 Å². The van der Waals surface area contributed by atoms with E-state index in [0.717, 1.165) is 12.8 Å². The molecule has 146 valence electrons. The SMILES string of the molecule is COc1ccc(C(=O)NCCCn2nc(C(F)(F)F)c(Cl)c2C2CC2)cc1. The Labute approximate surface area is 159 Å². The summed E-state index contributed by atoms with van der Waals surface area (Å²) in [6.07, 6.45) is -2.50. The van der Waals surface area contributed by atoms with Gasteiger partial charge in [-0.1, -0.05) is 11.6 Å². The van der Waals surface area contributed by atoms with Gasteiger partial charge in [0.1, 0.15) is 5.75 Å². The number of hydrogen-bond acceptors (Lipinski definition) is 3. The maximum atomic E-state index is 13.0. The highest BCUT2D eigenvalue weighted by molar-refractivity contribution is 6.32. The molecule has 1 saturated carbocycles. The van der Waals surface area contributed by atoms with Crippen LogP contribution in [0.5, 0.6) is 5.75 Å². The minimum atomic E-state index is -4.57. The molecule has 1 aliphatic carbocycles. The lowest BCUT2D eigenvalue weighted by atomic mass is 10.2. The number of rotatable bonds is 7. The molecule has 1 aliphatic rings. The molecule has 1 aromatic carbocycles. The van der Waals surface area contributed by atoms with Crippen molar-refractivity contribution in [3.05, 3.63) is 46.2 Å². The third-order valence-electron chi connectivity index (χ3n) is 4.35. The Morgan fingerprint density at radius 2 is 2.00 bits per heavy atom. The minimum absolute atomic E-state index is 0.0370. The molecule has 1 fully saturated rings. The molecule has 5 nitrogen and oxygen atoms in total. The fourth-order valence-electron chi connectivity index (χ4n) is 2.83. The number of benzene rings is 1. The summed E-state index contributed by atoms with van der Waals surface area (Å²) in [7, 11) is 1.54. The molecular weight excluding hydrogens is 383 g/mol. The zero-order valence-electron chi connectivity index (χ0n) is 14.6. The molecule has 0 spiro atoms. The van der Waals surface area contributed by atoms with Crippen LogP contribution in [-0.4, -0.2) is 29.3 Å². The van der Waals surface area contributed by atoms with Gasteiger partial charge in [0.25, 0.3) is 5.91 Å². The van der Waals surface area contributed by atoms with Crippen LogP contribution in [0.15, 0.2) is 24.3 Å². The fourth-order valence-corrected chi connectivity index (χ4v) is 3.22. The standard InChI is InChI=1S/C18H19ClF3N3O2/c1-27-13-7-5-12(6-8-13)17(26)23-9-2-10-25-15(11-3-4-11)14(19)16(24-25)18(20,21)22/h5-8,11H,2-4,9-10H2,1H3,(H,23,26). The van der Waals surface area contributed by atoms with Crippen molar-refractivity contribution >= 4 is 17.5 Å². The molecular formula is C18H19ClF3N3O2. The largest absolute Gasteiger partial charge is 0.497 e. The van der Waals surface area contributed by atoms with Gasteiger partial charge >= 0.3 is 6.18 Å². The Kier molecular flexibility index (Phi) is 5.64. The van der Waals surface area contributed by atoms with Crippen LogP contribution in [0.25, 0.3) is 0 Å². The highest BCUT2D eigenvalue weighted by atomic mass is 35.5. The lowest BCUT2D eigenvalue weighted by Crippen LogP contribution is -2.25. The number of nitrogens with one attached hydrogen (secondary N) is 1. The molecule has 0 bridgehead atoms. The second-order valence-corrected chi connectivity index (χ2v) is 6.76. The monoisotopic (exact) mass is 401 g/mol. The molecule has 0 radical (unpaired) electrons. The number of aromatic nitrogens is 2. The van der Waals surface area contributed by atoms with E-state index in [9.17, 15) is 18.0 Å². The number of alkyl halides is 3. The number of ether oxygens (including phenoxy) is 1. The van der Waals surface area contributed by atoms with Crippen LogP contribution < -0.4 is 10.1 Å². The van der Waals surface area contributed by atoms with Crippen LogP contribution >= 0.6 is 11.6 Å². The van der Waals surface area contributed by atoms with Gasteiger partial charge in [-0.15, -0.1) is 0 Å². The van der Waals surface area contributed by atoms with Crippen molar-refractivity contribution in [1.29, 1.82) is 0 Å². The first-order chi connectivity index (χ1) is 12.8. The van der Waals surface area contributed by atoms with Crippen molar-refractivity contribution in [2.24, 2.45) is 0 Å². The van der Waals surface area contributed by atoms with E-state index in [1.165, 1.54) is 11.8 Å². The molecule has 1 heterocycles. The van der Waals surface area contributed by atoms with Crippen molar-refractivity contribution in [1.82, 2.24) is 15.1 Å². The highest BCUT2D eigenvalue weighted by Crippen LogP contribution is 2.46. The number of aryl methyl sites for hydroxylation is 1. The molecule has 1 amide bonds. The lowest BCUT2D eigenvalue weighted by molar-refractivity contribution is -0.141. The average molecular weight is 402 g/mol. The van der Waals surface area contributed by atoms with E-state index in [1.807, 2.05) is 0 Å². The van der Waals surface area contributed by atoms with E-state index in [-0.39, 0.29) is 23.4 Å². The summed E-state index contributed by atoms with van der Waals surface area (Å²) in [6.45, 7) is 0.568. The summed E-state index contributed by atoms with van der Waals surface area (Å²) in [4.78, 5) is 12.1. The van der Waals surface area contributed by atoms with Gasteiger partial charge in [0.05, 0.1) is 17.8 Å². The molecule has 1 aromatic heterocycles. The number of nitrogens with zero attached hydrogens (tertiary/aromatic N) is 2. The Hall–Kier alpha value is -2.22. The molecule has 0 aliphatic heterocycles. The molecule has 3 rings (SSSR count). The van der Waals surface area contributed by atoms with Crippen molar-refractivity contribution in [3.8, 4) is 5.75 Å². The Morgan fingerprint density at radius 1 is 1.33 bits per heavy atom. The Balaban J connectivity index is 1.58. The van der Waals surface area contributed by atoms with E-state index in [0.29, 0.717) is 30.0 Å². The van der Waals surface area contributed by atoms with Crippen molar-refractivity contribution < 1.29 is 22.7 Å². The second kappa shape index (κ2) is 7.80. The molecule has 2 aromatic rings. The predicted octanol–water partition coefficient (Wildman–Crippen LogP) is 4.26. The summed E-state index contributed by atoms with van der Waals surface area (Å²) in [6, 6.07) is 6.65. The van der Waals surface area contributed by atoms with E-state index in [4.69, 9.17) is 16.3 Å². The van der Waals surface area contributed by atoms with Gasteiger partial charge in [0.15, 0.2) is 5.69 Å². The third kappa shape index (κ3) is 4.55. The molecule has 0 unspecified atom stereocenters. The van der Waals surface area contributed by atoms with Gasteiger partial charge in [0, 0.05) is 24.6 Å². The van der Waals surface area contributed by atoms with Gasteiger partial charge in [-0.3, -0.25) is 9.48 Å². The summed E-state index contributed by atoms with van der Waals surface area (Å²) < 4.78 is 45.5. The summed E-state index contributed by atoms with van der Waals surface area (Å²) in [5, 5.41) is 6.12.